The number of quaternary nitrogens is 1. The number of aromatic nitrogens is 1. The fourth-order valence-corrected chi connectivity index (χ4v) is 3.15. The molecule has 3 aromatic rings. The number of benzene rings is 2. The quantitative estimate of drug-likeness (QED) is 0.189. The number of pyridine rings is 1. The second-order valence-electron chi connectivity index (χ2n) is 6.85. The van der Waals surface area contributed by atoms with Crippen molar-refractivity contribution in [2.24, 2.45) is 0 Å². The van der Waals surface area contributed by atoms with E-state index in [0.29, 0.717) is 36.1 Å². The summed E-state index contributed by atoms with van der Waals surface area (Å²) in [7, 11) is 4.59. The molecule has 1 aromatic heterocycles. The molecule has 29 heavy (non-hydrogen) atoms. The van der Waals surface area contributed by atoms with E-state index in [0.717, 1.165) is 10.9 Å². The average Bonchev–Trinajstić information content (AvgIpc) is 2.62. The van der Waals surface area contributed by atoms with Crippen molar-refractivity contribution in [3.63, 3.8) is 0 Å². The number of ether oxygens (including phenoxy) is 1. The fraction of sp³-hybridized carbons (Fsp3) is 0.316. The molecular formula is C19H24Cl2N4O4. The molecule has 0 amide bonds. The van der Waals surface area contributed by atoms with Crippen molar-refractivity contribution in [3.8, 4) is 5.75 Å². The summed E-state index contributed by atoms with van der Waals surface area (Å²) < 4.78 is 4.83. The van der Waals surface area contributed by atoms with Crippen LogP contribution in [-0.4, -0.2) is 48.8 Å². The van der Waals surface area contributed by atoms with Gasteiger partial charge in [-0.2, -0.15) is 0 Å². The van der Waals surface area contributed by atoms with Crippen LogP contribution in [0.4, 0.5) is 11.4 Å². The first-order valence-corrected chi connectivity index (χ1v) is 8.63. The van der Waals surface area contributed by atoms with Crippen molar-refractivity contribution in [3.05, 3.63) is 51.7 Å². The van der Waals surface area contributed by atoms with Crippen molar-refractivity contribution in [2.75, 3.05) is 39.6 Å². The number of nitrogens with zero attached hydrogens (tertiary/aromatic N) is 3. The normalized spacial score (nSPS) is 10.9. The van der Waals surface area contributed by atoms with Crippen molar-refractivity contribution in [2.45, 2.75) is 6.42 Å². The van der Waals surface area contributed by atoms with Gasteiger partial charge in [0.2, 0.25) is 0 Å². The summed E-state index contributed by atoms with van der Waals surface area (Å²) >= 11 is 0. The Morgan fingerprint density at radius 1 is 1.14 bits per heavy atom. The lowest BCUT2D eigenvalue weighted by Crippen LogP contribution is -2.34. The molecule has 0 aliphatic carbocycles. The van der Waals surface area contributed by atoms with Gasteiger partial charge in [0.25, 0.3) is 0 Å². The number of nitro groups is 1. The number of rotatable bonds is 7. The van der Waals surface area contributed by atoms with Crippen molar-refractivity contribution in [1.29, 1.82) is 0 Å². The van der Waals surface area contributed by atoms with Crippen LogP contribution in [0.1, 0.15) is 6.42 Å². The van der Waals surface area contributed by atoms with Gasteiger partial charge in [-0.3, -0.25) is 10.1 Å². The SMILES string of the molecule is COc1ccc2nc3ccccc3c(NCCC[N+](C)(C)[O-])c2c1[N+](=O)[O-].Cl.Cl. The van der Waals surface area contributed by atoms with Crippen LogP contribution in [0.5, 0.6) is 5.75 Å². The van der Waals surface area contributed by atoms with E-state index in [9.17, 15) is 15.3 Å². The summed E-state index contributed by atoms with van der Waals surface area (Å²) in [6.07, 6.45) is 0.631. The number of anilines is 1. The van der Waals surface area contributed by atoms with Gasteiger partial charge in [0.05, 0.1) is 49.4 Å². The highest BCUT2D eigenvalue weighted by Gasteiger charge is 2.24. The average molecular weight is 443 g/mol. The van der Waals surface area contributed by atoms with Crippen LogP contribution in [0.25, 0.3) is 21.8 Å². The minimum Gasteiger partial charge on any atom is -0.633 e. The van der Waals surface area contributed by atoms with Crippen LogP contribution in [-0.2, 0) is 0 Å². The molecule has 3 rings (SSSR count). The lowest BCUT2D eigenvalue weighted by atomic mass is 10.1. The molecule has 0 saturated heterocycles. The second kappa shape index (κ2) is 9.89. The number of para-hydroxylation sites is 1. The Kier molecular flexibility index (Phi) is 8.40. The molecule has 1 N–H and O–H groups in total. The predicted octanol–water partition coefficient (Wildman–Crippen LogP) is 4.52. The number of fused-ring (bicyclic) bond motifs is 2. The van der Waals surface area contributed by atoms with E-state index in [2.05, 4.69) is 10.3 Å². The number of hydrogen-bond acceptors (Lipinski definition) is 6. The van der Waals surface area contributed by atoms with E-state index in [-0.39, 0.29) is 40.9 Å². The predicted molar refractivity (Wildman–Crippen MR) is 120 cm³/mol. The third-order valence-electron chi connectivity index (χ3n) is 4.36. The zero-order chi connectivity index (χ0) is 19.6. The highest BCUT2D eigenvalue weighted by Crippen LogP contribution is 2.41. The largest absolute Gasteiger partial charge is 0.633 e. The Hall–Kier alpha value is -2.39. The first kappa shape index (κ1) is 24.6. The van der Waals surface area contributed by atoms with Gasteiger partial charge < -0.3 is 19.9 Å². The summed E-state index contributed by atoms with van der Waals surface area (Å²) in [5.41, 5.74) is 1.78. The monoisotopic (exact) mass is 442 g/mol. The van der Waals surface area contributed by atoms with Gasteiger partial charge in [-0.25, -0.2) is 4.98 Å². The van der Waals surface area contributed by atoms with Gasteiger partial charge in [0.1, 0.15) is 5.39 Å². The van der Waals surface area contributed by atoms with Crippen LogP contribution in [0.3, 0.4) is 0 Å². The van der Waals surface area contributed by atoms with E-state index in [1.54, 1.807) is 26.2 Å². The van der Waals surface area contributed by atoms with Gasteiger partial charge in [-0.05, 0) is 18.2 Å². The molecule has 0 radical (unpaired) electrons. The fourth-order valence-electron chi connectivity index (χ4n) is 3.15. The summed E-state index contributed by atoms with van der Waals surface area (Å²) in [6, 6.07) is 10.8. The zero-order valence-corrected chi connectivity index (χ0v) is 18.0. The van der Waals surface area contributed by atoms with E-state index in [1.807, 2.05) is 24.3 Å². The highest BCUT2D eigenvalue weighted by molar-refractivity contribution is 6.12. The zero-order valence-electron chi connectivity index (χ0n) is 16.4. The number of methoxy groups -OCH3 is 1. The van der Waals surface area contributed by atoms with Gasteiger partial charge >= 0.3 is 5.69 Å². The Morgan fingerprint density at radius 3 is 2.45 bits per heavy atom. The van der Waals surface area contributed by atoms with Gasteiger partial charge in [-0.15, -0.1) is 24.8 Å². The van der Waals surface area contributed by atoms with Crippen LogP contribution in [0.2, 0.25) is 0 Å². The number of halogens is 2. The molecule has 0 aliphatic rings. The third kappa shape index (κ3) is 5.36. The molecule has 8 nitrogen and oxygen atoms in total. The molecule has 1 heterocycles. The van der Waals surface area contributed by atoms with Crippen LogP contribution in [0, 0.1) is 15.3 Å². The van der Waals surface area contributed by atoms with E-state index >= 15 is 0 Å². The molecule has 10 heteroatoms. The Balaban J connectivity index is 0.00000210. The van der Waals surface area contributed by atoms with E-state index < -0.39 is 4.92 Å². The van der Waals surface area contributed by atoms with Crippen LogP contribution < -0.4 is 10.1 Å². The smallest absolute Gasteiger partial charge is 0.322 e. The molecular weight excluding hydrogens is 419 g/mol. The number of nitro benzene ring substituents is 1. The van der Waals surface area contributed by atoms with Crippen molar-refractivity contribution in [1.82, 2.24) is 4.98 Å². The van der Waals surface area contributed by atoms with Crippen molar-refractivity contribution < 1.29 is 14.3 Å². The summed E-state index contributed by atoms with van der Waals surface area (Å²) in [6.45, 7) is 0.959. The van der Waals surface area contributed by atoms with Gasteiger partial charge in [0, 0.05) is 18.4 Å². The van der Waals surface area contributed by atoms with E-state index in [1.165, 1.54) is 7.11 Å². The molecule has 0 unspecified atom stereocenters. The number of hydroxylamine groups is 3. The second-order valence-corrected chi connectivity index (χ2v) is 6.85. The molecule has 0 atom stereocenters. The third-order valence-corrected chi connectivity index (χ3v) is 4.36. The lowest BCUT2D eigenvalue weighted by Gasteiger charge is -2.33. The van der Waals surface area contributed by atoms with E-state index in [4.69, 9.17) is 4.74 Å². The minimum atomic E-state index is -0.444. The lowest BCUT2D eigenvalue weighted by molar-refractivity contribution is -0.839. The molecule has 0 fully saturated rings. The maximum Gasteiger partial charge on any atom is 0.322 e. The maximum absolute atomic E-state index is 11.8. The molecule has 158 valence electrons. The Labute approximate surface area is 181 Å². The number of nitrogens with one attached hydrogen (secondary N) is 1. The Bertz CT molecular complexity index is 1010. The molecule has 0 saturated carbocycles. The van der Waals surface area contributed by atoms with Crippen LogP contribution >= 0.6 is 24.8 Å². The Morgan fingerprint density at radius 2 is 1.83 bits per heavy atom. The molecule has 0 spiro atoms. The topological polar surface area (TPSA) is 100 Å². The first-order chi connectivity index (χ1) is 12.8. The summed E-state index contributed by atoms with van der Waals surface area (Å²) in [4.78, 5) is 15.9. The van der Waals surface area contributed by atoms with Crippen LogP contribution in [0.15, 0.2) is 36.4 Å². The van der Waals surface area contributed by atoms with Gasteiger partial charge in [0.15, 0.2) is 5.75 Å². The molecule has 0 aliphatic heterocycles. The highest BCUT2D eigenvalue weighted by atomic mass is 35.5. The summed E-state index contributed by atoms with van der Waals surface area (Å²) in [5.74, 6) is 0.185. The standard InChI is InChI=1S/C19H22N4O4.2ClH/c1-23(2,26)12-6-11-20-18-13-7-4-5-8-14(13)21-15-9-10-16(27-3)19(17(15)18)22(24)25;;/h4-5,7-10H,6,11-12H2,1-3H3,(H,20,21);2*1H. The maximum atomic E-state index is 11.8. The minimum absolute atomic E-state index is 0. The van der Waals surface area contributed by atoms with Crippen molar-refractivity contribution >= 4 is 58.0 Å². The molecule has 0 bridgehead atoms. The number of hydrogen-bond donors (Lipinski definition) is 1. The summed E-state index contributed by atoms with van der Waals surface area (Å²) in [5, 5.41) is 28.0. The van der Waals surface area contributed by atoms with Gasteiger partial charge in [-0.1, -0.05) is 18.2 Å². The first-order valence-electron chi connectivity index (χ1n) is 8.63. The molecule has 2 aromatic carbocycles.